The molecule has 0 aliphatic rings. The molecule has 156 valence electrons. The minimum Gasteiger partial charge on any atom is -0.493 e. The monoisotopic (exact) mass is 513 g/mol. The van der Waals surface area contributed by atoms with E-state index in [0.29, 0.717) is 42.2 Å². The summed E-state index contributed by atoms with van der Waals surface area (Å²) in [7, 11) is 3.07. The molecular weight excluding hydrogens is 489 g/mol. The number of benzene rings is 1. The fourth-order valence-corrected chi connectivity index (χ4v) is 2.92. The van der Waals surface area contributed by atoms with Crippen molar-refractivity contribution in [3.8, 4) is 11.5 Å². The van der Waals surface area contributed by atoms with Gasteiger partial charge in [0, 0.05) is 18.5 Å². The smallest absolute Gasteiger partial charge is 0.251 e. The SMILES string of the molecule is COc1ccc(C(=O)NCCCCCC(=O)N/N=C/c2ccc(I)o2)cc1OC. The molecular formula is C20H24IN3O5. The number of amides is 2. The van der Waals surface area contributed by atoms with Crippen molar-refractivity contribution in [2.45, 2.75) is 25.7 Å². The molecule has 0 bridgehead atoms. The Morgan fingerprint density at radius 3 is 2.59 bits per heavy atom. The molecule has 8 nitrogen and oxygen atoms in total. The van der Waals surface area contributed by atoms with Crippen molar-refractivity contribution in [1.29, 1.82) is 0 Å². The van der Waals surface area contributed by atoms with Crippen LogP contribution in [0, 0.1) is 3.77 Å². The van der Waals surface area contributed by atoms with Crippen LogP contribution in [0.5, 0.6) is 11.5 Å². The van der Waals surface area contributed by atoms with Gasteiger partial charge in [-0.2, -0.15) is 5.10 Å². The third-order valence-corrected chi connectivity index (χ3v) is 4.57. The lowest BCUT2D eigenvalue weighted by molar-refractivity contribution is -0.121. The van der Waals surface area contributed by atoms with Crippen molar-refractivity contribution in [3.63, 3.8) is 0 Å². The number of furan rings is 1. The molecule has 0 atom stereocenters. The quantitative estimate of drug-likeness (QED) is 0.208. The number of nitrogens with one attached hydrogen (secondary N) is 2. The molecule has 1 heterocycles. The molecule has 1 aromatic heterocycles. The minimum atomic E-state index is -0.175. The maximum atomic E-state index is 12.2. The first kappa shape index (κ1) is 22.7. The molecule has 0 saturated heterocycles. The van der Waals surface area contributed by atoms with Crippen molar-refractivity contribution < 1.29 is 23.5 Å². The van der Waals surface area contributed by atoms with E-state index in [2.05, 4.69) is 38.4 Å². The Morgan fingerprint density at radius 2 is 1.90 bits per heavy atom. The van der Waals surface area contributed by atoms with Gasteiger partial charge in [-0.05, 0) is 65.8 Å². The topological polar surface area (TPSA) is 102 Å². The van der Waals surface area contributed by atoms with E-state index in [0.717, 1.165) is 16.6 Å². The molecule has 0 aliphatic heterocycles. The standard InChI is InChI=1S/C20H24IN3O5/c1-27-16-9-7-14(12-17(16)28-2)20(26)22-11-5-3-4-6-19(25)24-23-13-15-8-10-18(21)29-15/h7-10,12-13H,3-6,11H2,1-2H3,(H,22,26)(H,24,25)/b23-13+. The van der Waals surface area contributed by atoms with Crippen LogP contribution >= 0.6 is 22.6 Å². The highest BCUT2D eigenvalue weighted by molar-refractivity contribution is 14.1. The zero-order valence-corrected chi connectivity index (χ0v) is 18.5. The number of hydrogen-bond acceptors (Lipinski definition) is 6. The van der Waals surface area contributed by atoms with Crippen LogP contribution in [-0.2, 0) is 4.79 Å². The first-order valence-electron chi connectivity index (χ1n) is 9.11. The number of hydrazone groups is 1. The number of nitrogens with zero attached hydrogens (tertiary/aromatic N) is 1. The molecule has 2 rings (SSSR count). The highest BCUT2D eigenvalue weighted by atomic mass is 127. The third kappa shape index (κ3) is 7.76. The zero-order valence-electron chi connectivity index (χ0n) is 16.4. The van der Waals surface area contributed by atoms with Crippen LogP contribution in [0.3, 0.4) is 0 Å². The van der Waals surface area contributed by atoms with Crippen molar-refractivity contribution in [3.05, 3.63) is 45.4 Å². The molecule has 0 fully saturated rings. The molecule has 29 heavy (non-hydrogen) atoms. The Bertz CT molecular complexity index is 850. The number of carbonyl (C=O) groups is 2. The van der Waals surface area contributed by atoms with Crippen molar-refractivity contribution in [2.75, 3.05) is 20.8 Å². The first-order valence-corrected chi connectivity index (χ1v) is 10.2. The highest BCUT2D eigenvalue weighted by Crippen LogP contribution is 2.27. The van der Waals surface area contributed by atoms with E-state index in [-0.39, 0.29) is 11.8 Å². The van der Waals surface area contributed by atoms with Gasteiger partial charge >= 0.3 is 0 Å². The summed E-state index contributed by atoms with van der Waals surface area (Å²) in [5.74, 6) is 1.34. The van der Waals surface area contributed by atoms with E-state index >= 15 is 0 Å². The average Bonchev–Trinajstić information content (AvgIpc) is 3.14. The van der Waals surface area contributed by atoms with E-state index in [1.54, 1.807) is 31.4 Å². The molecule has 2 N–H and O–H groups in total. The summed E-state index contributed by atoms with van der Waals surface area (Å²) in [6, 6.07) is 8.61. The van der Waals surface area contributed by atoms with Gasteiger partial charge in [0.2, 0.25) is 5.91 Å². The molecule has 0 saturated carbocycles. The lowest BCUT2D eigenvalue weighted by Gasteiger charge is -2.10. The van der Waals surface area contributed by atoms with Crippen LogP contribution in [0.1, 0.15) is 41.8 Å². The van der Waals surface area contributed by atoms with Crippen LogP contribution in [-0.4, -0.2) is 38.8 Å². The van der Waals surface area contributed by atoms with E-state index in [1.165, 1.54) is 13.3 Å². The fraction of sp³-hybridized carbons (Fsp3) is 0.350. The predicted octanol–water partition coefficient (Wildman–Crippen LogP) is 3.34. The van der Waals surface area contributed by atoms with Crippen LogP contribution in [0.25, 0.3) is 0 Å². The molecule has 2 aromatic rings. The van der Waals surface area contributed by atoms with Crippen LogP contribution in [0.15, 0.2) is 39.9 Å². The maximum absolute atomic E-state index is 12.2. The Balaban J connectivity index is 1.60. The average molecular weight is 513 g/mol. The van der Waals surface area contributed by atoms with Gasteiger partial charge in [-0.15, -0.1) is 0 Å². The van der Waals surface area contributed by atoms with Gasteiger partial charge in [-0.25, -0.2) is 5.43 Å². The second-order valence-corrected chi connectivity index (χ2v) is 7.13. The second-order valence-electron chi connectivity index (χ2n) is 6.07. The Hall–Kier alpha value is -2.56. The summed E-state index contributed by atoms with van der Waals surface area (Å²) in [5.41, 5.74) is 2.97. The van der Waals surface area contributed by atoms with E-state index < -0.39 is 0 Å². The predicted molar refractivity (Wildman–Crippen MR) is 118 cm³/mol. The van der Waals surface area contributed by atoms with Crippen LogP contribution in [0.2, 0.25) is 0 Å². The lowest BCUT2D eigenvalue weighted by atomic mass is 10.1. The van der Waals surface area contributed by atoms with Gasteiger partial charge in [0.25, 0.3) is 5.91 Å². The number of methoxy groups -OCH3 is 2. The summed E-state index contributed by atoms with van der Waals surface area (Å²) < 4.78 is 16.4. The van der Waals surface area contributed by atoms with Crippen molar-refractivity contribution >= 4 is 40.6 Å². The molecule has 1 aromatic carbocycles. The van der Waals surface area contributed by atoms with Gasteiger partial charge in [0.15, 0.2) is 15.3 Å². The summed E-state index contributed by atoms with van der Waals surface area (Å²) in [6.45, 7) is 0.532. The van der Waals surface area contributed by atoms with Crippen molar-refractivity contribution in [1.82, 2.24) is 10.7 Å². The Labute approximate surface area is 183 Å². The third-order valence-electron chi connectivity index (χ3n) is 3.99. The lowest BCUT2D eigenvalue weighted by Crippen LogP contribution is -2.24. The summed E-state index contributed by atoms with van der Waals surface area (Å²) in [5, 5.41) is 6.72. The number of carbonyl (C=O) groups excluding carboxylic acids is 2. The molecule has 9 heteroatoms. The van der Waals surface area contributed by atoms with Gasteiger partial charge < -0.3 is 19.2 Å². The Kier molecular flexibility index (Phi) is 9.48. The first-order chi connectivity index (χ1) is 14.0. The van der Waals surface area contributed by atoms with E-state index in [4.69, 9.17) is 13.9 Å². The normalized spacial score (nSPS) is 10.7. The summed E-state index contributed by atoms with van der Waals surface area (Å²) in [4.78, 5) is 23.9. The van der Waals surface area contributed by atoms with Gasteiger partial charge in [0.05, 0.1) is 20.4 Å². The molecule has 0 radical (unpaired) electrons. The number of halogens is 1. The van der Waals surface area contributed by atoms with Gasteiger partial charge in [-0.1, -0.05) is 6.42 Å². The molecule has 2 amide bonds. The minimum absolute atomic E-state index is 0.156. The second kappa shape index (κ2) is 12.1. The summed E-state index contributed by atoms with van der Waals surface area (Å²) >= 11 is 2.06. The molecule has 0 spiro atoms. The number of ether oxygens (including phenoxy) is 2. The maximum Gasteiger partial charge on any atom is 0.251 e. The fourth-order valence-electron chi connectivity index (χ4n) is 2.49. The molecule has 0 unspecified atom stereocenters. The molecule has 0 aliphatic carbocycles. The van der Waals surface area contributed by atoms with E-state index in [9.17, 15) is 9.59 Å². The number of unbranched alkanes of at least 4 members (excludes halogenated alkanes) is 2. The van der Waals surface area contributed by atoms with Crippen LogP contribution < -0.4 is 20.2 Å². The van der Waals surface area contributed by atoms with Gasteiger partial charge in [-0.3, -0.25) is 9.59 Å². The Morgan fingerprint density at radius 1 is 1.10 bits per heavy atom. The summed E-state index contributed by atoms with van der Waals surface area (Å²) in [6.07, 6.45) is 4.15. The number of hydrogen-bond donors (Lipinski definition) is 2. The largest absolute Gasteiger partial charge is 0.493 e. The zero-order chi connectivity index (χ0) is 21.1. The highest BCUT2D eigenvalue weighted by Gasteiger charge is 2.10. The van der Waals surface area contributed by atoms with Crippen molar-refractivity contribution in [2.24, 2.45) is 5.10 Å². The number of rotatable bonds is 11. The van der Waals surface area contributed by atoms with Gasteiger partial charge in [0.1, 0.15) is 5.76 Å². The van der Waals surface area contributed by atoms with E-state index in [1.807, 2.05) is 6.07 Å². The van der Waals surface area contributed by atoms with Crippen LogP contribution in [0.4, 0.5) is 0 Å².